The molecule has 0 radical (unpaired) electrons. The maximum absolute atomic E-state index is 11.0. The molecule has 2 aromatic heterocycles. The summed E-state index contributed by atoms with van der Waals surface area (Å²) >= 11 is 1.50. The van der Waals surface area contributed by atoms with E-state index in [2.05, 4.69) is 39.5 Å². The molecule has 0 atom stereocenters. The molecule has 0 saturated carbocycles. The van der Waals surface area contributed by atoms with E-state index in [4.69, 9.17) is 0 Å². The Balaban J connectivity index is 2.28. The Labute approximate surface area is 134 Å². The summed E-state index contributed by atoms with van der Waals surface area (Å²) in [5.74, 6) is 1.29. The Bertz CT molecular complexity index is 654. The second kappa shape index (κ2) is 7.44. The molecule has 120 valence electrons. The molecule has 8 heteroatoms. The van der Waals surface area contributed by atoms with Crippen LogP contribution < -0.4 is 10.6 Å². The number of nitrogens with one attached hydrogen (secondary N) is 2. The van der Waals surface area contributed by atoms with Gasteiger partial charge in [-0.15, -0.1) is 0 Å². The van der Waals surface area contributed by atoms with Gasteiger partial charge in [0.15, 0.2) is 10.8 Å². The second-order valence-electron chi connectivity index (χ2n) is 5.42. The van der Waals surface area contributed by atoms with E-state index >= 15 is 0 Å². The zero-order chi connectivity index (χ0) is 16.1. The van der Waals surface area contributed by atoms with Crippen LogP contribution in [0.1, 0.15) is 20.8 Å². The predicted octanol–water partition coefficient (Wildman–Crippen LogP) is 1.75. The number of hydrogen-bond donors (Lipinski definition) is 2. The molecule has 7 nitrogen and oxygen atoms in total. The molecule has 1 amide bonds. The zero-order valence-corrected chi connectivity index (χ0v) is 14.2. The van der Waals surface area contributed by atoms with Gasteiger partial charge in [-0.1, -0.05) is 25.6 Å². The van der Waals surface area contributed by atoms with Gasteiger partial charge in [0.25, 0.3) is 0 Å². The molecule has 22 heavy (non-hydrogen) atoms. The summed E-state index contributed by atoms with van der Waals surface area (Å²) in [6.07, 6.45) is 3.72. The van der Waals surface area contributed by atoms with Gasteiger partial charge in [0.2, 0.25) is 5.91 Å². The van der Waals surface area contributed by atoms with Gasteiger partial charge in [-0.3, -0.25) is 4.79 Å². The molecule has 0 aromatic carbocycles. The van der Waals surface area contributed by atoms with E-state index in [1.165, 1.54) is 18.7 Å². The lowest BCUT2D eigenvalue weighted by Crippen LogP contribution is -2.24. The van der Waals surface area contributed by atoms with E-state index in [-0.39, 0.29) is 5.91 Å². The molecule has 0 bridgehead atoms. The maximum Gasteiger partial charge on any atom is 0.216 e. The van der Waals surface area contributed by atoms with E-state index in [9.17, 15) is 4.79 Å². The molecular formula is C14H22N6OS. The van der Waals surface area contributed by atoms with Crippen molar-refractivity contribution in [2.24, 2.45) is 5.92 Å². The molecule has 0 fully saturated rings. The lowest BCUT2D eigenvalue weighted by Gasteiger charge is -2.10. The molecule has 0 aliphatic carbocycles. The standard InChI is InChI=1S/C14H22N6OS/c1-9(2)7-16-12-11-8-17-20(6-5-15-10(3)21)13(11)19-14(18-12)22-4/h8-9H,5-7H2,1-4H3,(H,15,21)(H,16,18,19). The Morgan fingerprint density at radius 1 is 1.41 bits per heavy atom. The van der Waals surface area contributed by atoms with E-state index in [0.29, 0.717) is 24.2 Å². The van der Waals surface area contributed by atoms with Crippen molar-refractivity contribution in [2.45, 2.75) is 32.5 Å². The number of aromatic nitrogens is 4. The van der Waals surface area contributed by atoms with Crippen LogP contribution in [0.3, 0.4) is 0 Å². The average Bonchev–Trinajstić information content (AvgIpc) is 2.87. The van der Waals surface area contributed by atoms with Crippen LogP contribution in [-0.4, -0.2) is 45.0 Å². The fourth-order valence-electron chi connectivity index (χ4n) is 1.96. The van der Waals surface area contributed by atoms with Gasteiger partial charge in [-0.05, 0) is 12.2 Å². The molecule has 0 unspecified atom stereocenters. The normalized spacial score (nSPS) is 11.1. The number of carbonyl (C=O) groups is 1. The highest BCUT2D eigenvalue weighted by molar-refractivity contribution is 7.98. The minimum atomic E-state index is -0.0461. The van der Waals surface area contributed by atoms with Gasteiger partial charge < -0.3 is 10.6 Å². The lowest BCUT2D eigenvalue weighted by atomic mass is 10.2. The minimum absolute atomic E-state index is 0.0461. The highest BCUT2D eigenvalue weighted by Crippen LogP contribution is 2.23. The Morgan fingerprint density at radius 3 is 2.82 bits per heavy atom. The second-order valence-corrected chi connectivity index (χ2v) is 6.20. The van der Waals surface area contributed by atoms with E-state index in [1.807, 2.05) is 6.26 Å². The van der Waals surface area contributed by atoms with Crippen LogP contribution in [0, 0.1) is 5.92 Å². The van der Waals surface area contributed by atoms with Crippen LogP contribution in [-0.2, 0) is 11.3 Å². The number of anilines is 1. The summed E-state index contributed by atoms with van der Waals surface area (Å²) < 4.78 is 1.80. The summed E-state index contributed by atoms with van der Waals surface area (Å²) in [5, 5.41) is 12.1. The van der Waals surface area contributed by atoms with Crippen LogP contribution in [0.5, 0.6) is 0 Å². The van der Waals surface area contributed by atoms with E-state index in [1.54, 1.807) is 10.9 Å². The summed E-state index contributed by atoms with van der Waals surface area (Å²) in [7, 11) is 0. The molecule has 0 saturated heterocycles. The molecule has 2 N–H and O–H groups in total. The maximum atomic E-state index is 11.0. The van der Waals surface area contributed by atoms with E-state index < -0.39 is 0 Å². The third kappa shape index (κ3) is 4.09. The predicted molar refractivity (Wildman–Crippen MR) is 89.1 cm³/mol. The van der Waals surface area contributed by atoms with Gasteiger partial charge in [0.1, 0.15) is 5.82 Å². The fourth-order valence-corrected chi connectivity index (χ4v) is 2.32. The number of fused-ring (bicyclic) bond motifs is 1. The third-order valence-electron chi connectivity index (χ3n) is 3.03. The van der Waals surface area contributed by atoms with Crippen LogP contribution >= 0.6 is 11.8 Å². The summed E-state index contributed by atoms with van der Waals surface area (Å²) in [5.41, 5.74) is 0.788. The molecule has 2 heterocycles. The van der Waals surface area contributed by atoms with Gasteiger partial charge >= 0.3 is 0 Å². The van der Waals surface area contributed by atoms with Gasteiger partial charge in [0, 0.05) is 20.0 Å². The molecule has 0 spiro atoms. The van der Waals surface area contributed by atoms with Gasteiger partial charge in [0.05, 0.1) is 18.1 Å². The first-order valence-electron chi connectivity index (χ1n) is 7.27. The van der Waals surface area contributed by atoms with Crippen molar-refractivity contribution in [3.8, 4) is 0 Å². The van der Waals surface area contributed by atoms with Crippen molar-refractivity contribution in [2.75, 3.05) is 24.7 Å². The van der Waals surface area contributed by atoms with Crippen molar-refractivity contribution in [1.82, 2.24) is 25.1 Å². The molecule has 2 rings (SSSR count). The molecule has 2 aromatic rings. The Hall–Kier alpha value is -1.83. The Morgan fingerprint density at radius 2 is 2.18 bits per heavy atom. The quantitative estimate of drug-likeness (QED) is 0.597. The number of hydrogen-bond acceptors (Lipinski definition) is 6. The number of nitrogens with zero attached hydrogens (tertiary/aromatic N) is 4. The van der Waals surface area contributed by atoms with Gasteiger partial charge in [-0.25, -0.2) is 14.6 Å². The van der Waals surface area contributed by atoms with Crippen LogP contribution in [0.15, 0.2) is 11.4 Å². The van der Waals surface area contributed by atoms with Crippen molar-refractivity contribution in [3.05, 3.63) is 6.20 Å². The largest absolute Gasteiger partial charge is 0.369 e. The number of thioether (sulfide) groups is 1. The van der Waals surface area contributed by atoms with Crippen molar-refractivity contribution in [3.63, 3.8) is 0 Å². The molecular weight excluding hydrogens is 300 g/mol. The lowest BCUT2D eigenvalue weighted by molar-refractivity contribution is -0.118. The van der Waals surface area contributed by atoms with Gasteiger partial charge in [-0.2, -0.15) is 5.10 Å². The fraction of sp³-hybridized carbons (Fsp3) is 0.571. The SMILES string of the molecule is CSc1nc(NCC(C)C)c2cnn(CCNC(C)=O)c2n1. The topological polar surface area (TPSA) is 84.7 Å². The highest BCUT2D eigenvalue weighted by atomic mass is 32.2. The number of amides is 1. The molecule has 0 aliphatic heterocycles. The highest BCUT2D eigenvalue weighted by Gasteiger charge is 2.13. The number of rotatable bonds is 7. The third-order valence-corrected chi connectivity index (χ3v) is 3.58. The van der Waals surface area contributed by atoms with Crippen molar-refractivity contribution >= 4 is 34.5 Å². The van der Waals surface area contributed by atoms with Crippen LogP contribution in [0.4, 0.5) is 5.82 Å². The van der Waals surface area contributed by atoms with E-state index in [0.717, 1.165) is 23.4 Å². The average molecular weight is 322 g/mol. The first kappa shape index (κ1) is 16.5. The first-order chi connectivity index (χ1) is 10.5. The first-order valence-corrected chi connectivity index (χ1v) is 8.49. The summed E-state index contributed by atoms with van der Waals surface area (Å²) in [4.78, 5) is 20.0. The summed E-state index contributed by atoms with van der Waals surface area (Å²) in [6, 6.07) is 0. The minimum Gasteiger partial charge on any atom is -0.369 e. The Kier molecular flexibility index (Phi) is 5.59. The number of carbonyl (C=O) groups excluding carboxylic acids is 1. The monoisotopic (exact) mass is 322 g/mol. The van der Waals surface area contributed by atoms with Crippen molar-refractivity contribution < 1.29 is 4.79 Å². The molecule has 0 aliphatic rings. The van der Waals surface area contributed by atoms with Crippen LogP contribution in [0.2, 0.25) is 0 Å². The summed E-state index contributed by atoms with van der Waals surface area (Å²) in [6.45, 7) is 7.76. The zero-order valence-electron chi connectivity index (χ0n) is 13.4. The smallest absolute Gasteiger partial charge is 0.216 e. The van der Waals surface area contributed by atoms with Crippen molar-refractivity contribution in [1.29, 1.82) is 0 Å². The van der Waals surface area contributed by atoms with Crippen LogP contribution in [0.25, 0.3) is 11.0 Å².